The first-order valence-corrected chi connectivity index (χ1v) is 7.58. The van der Waals surface area contributed by atoms with Crippen molar-refractivity contribution in [1.82, 2.24) is 4.47 Å². The summed E-state index contributed by atoms with van der Waals surface area (Å²) in [6.45, 7) is 0.689. The molecule has 2 heterocycles. The van der Waals surface area contributed by atoms with E-state index < -0.39 is 10.0 Å². The predicted molar refractivity (Wildman–Crippen MR) is 68.2 cm³/mol. The molecule has 0 radical (unpaired) electrons. The lowest BCUT2D eigenvalue weighted by atomic mass is 10.2. The normalized spacial score (nSPS) is 19.5. The Labute approximate surface area is 115 Å². The van der Waals surface area contributed by atoms with Gasteiger partial charge in [-0.3, -0.25) is 9.63 Å². The van der Waals surface area contributed by atoms with Crippen LogP contribution < -0.4 is 5.32 Å². The number of carbonyl (C=O) groups is 1. The van der Waals surface area contributed by atoms with Crippen LogP contribution in [0.15, 0.2) is 17.0 Å². The van der Waals surface area contributed by atoms with Gasteiger partial charge >= 0.3 is 0 Å². The van der Waals surface area contributed by atoms with Crippen LogP contribution in [0.2, 0.25) is 5.02 Å². The molecule has 0 aromatic heterocycles. The number of sulfonamides is 1. The molecule has 1 amide bonds. The van der Waals surface area contributed by atoms with Crippen molar-refractivity contribution in [3.63, 3.8) is 0 Å². The fourth-order valence-electron chi connectivity index (χ4n) is 2.15. The number of benzene rings is 1. The van der Waals surface area contributed by atoms with Gasteiger partial charge in [-0.15, -0.1) is 0 Å². The third-order valence-electron chi connectivity index (χ3n) is 3.05. The number of rotatable bonds is 2. The number of hydrogen-bond donors (Lipinski definition) is 1. The molecule has 0 unspecified atom stereocenters. The minimum absolute atomic E-state index is 0.0219. The topological polar surface area (TPSA) is 75.7 Å². The quantitative estimate of drug-likeness (QED) is 0.889. The monoisotopic (exact) mass is 302 g/mol. The lowest BCUT2D eigenvalue weighted by molar-refractivity contribution is -0.115. The molecule has 0 atom stereocenters. The average Bonchev–Trinajstić information content (AvgIpc) is 2.95. The largest absolute Gasteiger partial charge is 0.325 e. The molecule has 0 aliphatic carbocycles. The molecule has 8 heteroatoms. The molecule has 2 aliphatic heterocycles. The van der Waals surface area contributed by atoms with Crippen molar-refractivity contribution in [1.29, 1.82) is 0 Å². The zero-order valence-electron chi connectivity index (χ0n) is 9.85. The van der Waals surface area contributed by atoms with E-state index >= 15 is 0 Å². The van der Waals surface area contributed by atoms with E-state index in [1.807, 2.05) is 0 Å². The summed E-state index contributed by atoms with van der Waals surface area (Å²) in [5.41, 5.74) is 1.20. The van der Waals surface area contributed by atoms with E-state index in [-0.39, 0.29) is 22.2 Å². The Morgan fingerprint density at radius 1 is 1.37 bits per heavy atom. The number of anilines is 1. The summed E-state index contributed by atoms with van der Waals surface area (Å²) in [7, 11) is -3.77. The van der Waals surface area contributed by atoms with Crippen LogP contribution in [0, 0.1) is 0 Å². The summed E-state index contributed by atoms with van der Waals surface area (Å²) in [4.78, 5) is 16.3. The van der Waals surface area contributed by atoms with Crippen molar-refractivity contribution >= 4 is 33.2 Å². The molecule has 1 N–H and O–H groups in total. The summed E-state index contributed by atoms with van der Waals surface area (Å²) in [6.07, 6.45) is 0.817. The molecule has 102 valence electrons. The number of amides is 1. The first kappa shape index (κ1) is 12.9. The highest BCUT2D eigenvalue weighted by atomic mass is 35.5. The lowest BCUT2D eigenvalue weighted by Crippen LogP contribution is -2.27. The van der Waals surface area contributed by atoms with Crippen molar-refractivity contribution in [2.45, 2.75) is 17.7 Å². The summed E-state index contributed by atoms with van der Waals surface area (Å²) in [6, 6.07) is 2.90. The SMILES string of the molecule is O=C1Cc2cc(S(=O)(=O)N3CCCO3)c(Cl)cc2N1. The van der Waals surface area contributed by atoms with Crippen LogP contribution in [0.5, 0.6) is 0 Å². The predicted octanol–water partition coefficient (Wildman–Crippen LogP) is 1.16. The summed E-state index contributed by atoms with van der Waals surface area (Å²) >= 11 is 6.01. The molecule has 0 spiro atoms. The van der Waals surface area contributed by atoms with Crippen molar-refractivity contribution in [2.75, 3.05) is 18.5 Å². The van der Waals surface area contributed by atoms with E-state index in [4.69, 9.17) is 16.4 Å². The van der Waals surface area contributed by atoms with Gasteiger partial charge in [-0.2, -0.15) is 0 Å². The first-order valence-electron chi connectivity index (χ1n) is 5.76. The van der Waals surface area contributed by atoms with E-state index in [1.54, 1.807) is 0 Å². The van der Waals surface area contributed by atoms with E-state index in [0.29, 0.717) is 30.8 Å². The molecule has 1 saturated heterocycles. The minimum Gasteiger partial charge on any atom is -0.325 e. The molecule has 6 nitrogen and oxygen atoms in total. The second kappa shape index (κ2) is 4.45. The fraction of sp³-hybridized carbons (Fsp3) is 0.364. The maximum Gasteiger partial charge on any atom is 0.266 e. The third-order valence-corrected chi connectivity index (χ3v) is 5.19. The smallest absolute Gasteiger partial charge is 0.266 e. The van der Waals surface area contributed by atoms with Gasteiger partial charge in [0.1, 0.15) is 4.90 Å². The first-order chi connectivity index (χ1) is 8.98. The number of carbonyl (C=O) groups excluding carboxylic acids is 1. The van der Waals surface area contributed by atoms with Gasteiger partial charge in [0.2, 0.25) is 5.91 Å². The number of fused-ring (bicyclic) bond motifs is 1. The molecule has 3 rings (SSSR count). The Kier molecular flexibility index (Phi) is 3.01. The van der Waals surface area contributed by atoms with Gasteiger partial charge in [0.15, 0.2) is 0 Å². The molecule has 1 fully saturated rings. The highest BCUT2D eigenvalue weighted by Gasteiger charge is 2.32. The van der Waals surface area contributed by atoms with Crippen molar-refractivity contribution in [3.8, 4) is 0 Å². The van der Waals surface area contributed by atoms with Crippen LogP contribution in [0.3, 0.4) is 0 Å². The molecule has 0 saturated carbocycles. The van der Waals surface area contributed by atoms with Crippen molar-refractivity contribution in [3.05, 3.63) is 22.7 Å². The standard InChI is InChI=1S/C11H11ClN2O4S/c12-8-6-9-7(5-11(15)13-9)4-10(8)19(16,17)14-2-1-3-18-14/h4,6H,1-3,5H2,(H,13,15). The second-order valence-corrected chi connectivity index (χ2v) is 6.59. The van der Waals surface area contributed by atoms with Crippen LogP contribution >= 0.6 is 11.6 Å². The number of nitrogens with one attached hydrogen (secondary N) is 1. The van der Waals surface area contributed by atoms with Gasteiger partial charge in [-0.1, -0.05) is 16.1 Å². The Morgan fingerprint density at radius 3 is 2.84 bits per heavy atom. The zero-order valence-corrected chi connectivity index (χ0v) is 11.4. The van der Waals surface area contributed by atoms with Crippen LogP contribution in [-0.2, 0) is 26.1 Å². The van der Waals surface area contributed by atoms with Gasteiger partial charge < -0.3 is 5.32 Å². The van der Waals surface area contributed by atoms with E-state index in [9.17, 15) is 13.2 Å². The van der Waals surface area contributed by atoms with Gasteiger partial charge in [-0.05, 0) is 24.1 Å². The van der Waals surface area contributed by atoms with Crippen LogP contribution in [0.4, 0.5) is 5.69 Å². The van der Waals surface area contributed by atoms with E-state index in [0.717, 1.165) is 4.47 Å². The molecule has 1 aromatic carbocycles. The van der Waals surface area contributed by atoms with E-state index in [2.05, 4.69) is 5.32 Å². The van der Waals surface area contributed by atoms with Crippen LogP contribution in [-0.4, -0.2) is 31.9 Å². The Balaban J connectivity index is 2.06. The Bertz CT molecular complexity index is 653. The lowest BCUT2D eigenvalue weighted by Gasteiger charge is -2.16. The average molecular weight is 303 g/mol. The molecule has 19 heavy (non-hydrogen) atoms. The summed E-state index contributed by atoms with van der Waals surface area (Å²) in [5, 5.41) is 2.70. The summed E-state index contributed by atoms with van der Waals surface area (Å²) < 4.78 is 25.6. The highest BCUT2D eigenvalue weighted by molar-refractivity contribution is 7.89. The Hall–Kier alpha value is -1.15. The summed E-state index contributed by atoms with van der Waals surface area (Å²) in [5.74, 6) is -0.168. The maximum atomic E-state index is 12.3. The molecular formula is C11H11ClN2O4S. The maximum absolute atomic E-state index is 12.3. The van der Waals surface area contributed by atoms with Gasteiger partial charge in [0.05, 0.1) is 18.1 Å². The highest BCUT2D eigenvalue weighted by Crippen LogP contribution is 2.34. The van der Waals surface area contributed by atoms with Gasteiger partial charge in [0.25, 0.3) is 10.0 Å². The Morgan fingerprint density at radius 2 is 2.16 bits per heavy atom. The molecular weight excluding hydrogens is 292 g/mol. The van der Waals surface area contributed by atoms with Crippen LogP contribution in [0.25, 0.3) is 0 Å². The van der Waals surface area contributed by atoms with Crippen molar-refractivity contribution in [2.24, 2.45) is 0 Å². The number of halogens is 1. The second-order valence-electron chi connectivity index (χ2n) is 4.38. The van der Waals surface area contributed by atoms with E-state index in [1.165, 1.54) is 12.1 Å². The number of nitrogens with zero attached hydrogens (tertiary/aromatic N) is 1. The number of hydrogen-bond acceptors (Lipinski definition) is 4. The molecule has 1 aromatic rings. The van der Waals surface area contributed by atoms with Crippen molar-refractivity contribution < 1.29 is 18.0 Å². The molecule has 2 aliphatic rings. The third kappa shape index (κ3) is 2.12. The fourth-order valence-corrected chi connectivity index (χ4v) is 4.00. The van der Waals surface area contributed by atoms with Gasteiger partial charge in [-0.25, -0.2) is 8.42 Å². The number of hydroxylamine groups is 1. The zero-order chi connectivity index (χ0) is 13.6. The minimum atomic E-state index is -3.77. The van der Waals surface area contributed by atoms with Crippen LogP contribution in [0.1, 0.15) is 12.0 Å². The van der Waals surface area contributed by atoms with Gasteiger partial charge in [0, 0.05) is 12.2 Å². The molecule has 0 bridgehead atoms.